The molecule has 0 amide bonds. The van der Waals surface area contributed by atoms with Crippen LogP contribution in [0.3, 0.4) is 0 Å². The molecule has 1 aliphatic rings. The molecule has 2 unspecified atom stereocenters. The third-order valence-electron chi connectivity index (χ3n) is 2.82. The molecule has 14 heavy (non-hydrogen) atoms. The lowest BCUT2D eigenvalue weighted by Crippen LogP contribution is -1.87. The van der Waals surface area contributed by atoms with Crippen LogP contribution in [0.25, 0.3) is 10.8 Å². The van der Waals surface area contributed by atoms with Gasteiger partial charge < -0.3 is 0 Å². The quantitative estimate of drug-likeness (QED) is 0.436. The summed E-state index contributed by atoms with van der Waals surface area (Å²) in [5, 5.41) is 2.88. The van der Waals surface area contributed by atoms with E-state index in [4.69, 9.17) is 0 Å². The molecular formula is C12H8I2. The van der Waals surface area contributed by atoms with Gasteiger partial charge in [-0.2, -0.15) is 0 Å². The van der Waals surface area contributed by atoms with Crippen LogP contribution in [0.4, 0.5) is 0 Å². The van der Waals surface area contributed by atoms with E-state index < -0.39 is 0 Å². The fourth-order valence-electron chi connectivity index (χ4n) is 2.17. The highest BCUT2D eigenvalue weighted by Gasteiger charge is 2.29. The van der Waals surface area contributed by atoms with Crippen LogP contribution in [0.1, 0.15) is 19.0 Å². The van der Waals surface area contributed by atoms with Crippen LogP contribution in [0.2, 0.25) is 0 Å². The van der Waals surface area contributed by atoms with Gasteiger partial charge in [-0.05, 0) is 21.9 Å². The van der Waals surface area contributed by atoms with E-state index in [1.807, 2.05) is 0 Å². The first-order valence-corrected chi connectivity index (χ1v) is 7.08. The SMILES string of the molecule is IC1c2cccc3cccc(c23)C1I. The van der Waals surface area contributed by atoms with Gasteiger partial charge in [-0.1, -0.05) is 81.6 Å². The van der Waals surface area contributed by atoms with E-state index in [9.17, 15) is 0 Å². The molecule has 0 spiro atoms. The number of rotatable bonds is 0. The minimum atomic E-state index is 0.634. The summed E-state index contributed by atoms with van der Waals surface area (Å²) in [5.74, 6) is 0. The zero-order valence-corrected chi connectivity index (χ0v) is 11.7. The largest absolute Gasteiger partial charge is 0.0759 e. The highest BCUT2D eigenvalue weighted by molar-refractivity contribution is 14.1. The van der Waals surface area contributed by atoms with Gasteiger partial charge in [-0.3, -0.25) is 0 Å². The monoisotopic (exact) mass is 406 g/mol. The smallest absolute Gasteiger partial charge is 0.0524 e. The minimum absolute atomic E-state index is 0.634. The van der Waals surface area contributed by atoms with Gasteiger partial charge in [0.25, 0.3) is 0 Å². The first-order valence-electron chi connectivity index (χ1n) is 4.59. The third kappa shape index (κ3) is 1.16. The standard InChI is InChI=1S/C12H8I2/c13-11-8-5-1-3-7-4-2-6-9(10(7)8)12(11)14/h1-6,11-12H. The van der Waals surface area contributed by atoms with Crippen molar-refractivity contribution >= 4 is 56.0 Å². The number of halogens is 2. The molecule has 2 aromatic rings. The molecular weight excluding hydrogens is 398 g/mol. The van der Waals surface area contributed by atoms with Crippen LogP contribution >= 0.6 is 45.2 Å². The van der Waals surface area contributed by atoms with Crippen LogP contribution in [0.15, 0.2) is 36.4 Å². The first kappa shape index (κ1) is 9.39. The number of alkyl halides is 2. The molecule has 70 valence electrons. The Labute approximate surface area is 110 Å². The Morgan fingerprint density at radius 1 is 0.786 bits per heavy atom. The molecule has 0 saturated heterocycles. The number of hydrogen-bond acceptors (Lipinski definition) is 0. The lowest BCUT2D eigenvalue weighted by atomic mass is 10.1. The van der Waals surface area contributed by atoms with Gasteiger partial charge in [0, 0.05) is 0 Å². The topological polar surface area (TPSA) is 0 Å². The molecule has 3 rings (SSSR count). The van der Waals surface area contributed by atoms with E-state index in [1.54, 1.807) is 0 Å². The first-order chi connectivity index (χ1) is 6.79. The summed E-state index contributed by atoms with van der Waals surface area (Å²) in [4.78, 5) is 0. The molecule has 0 saturated carbocycles. The van der Waals surface area contributed by atoms with Crippen molar-refractivity contribution in [2.24, 2.45) is 0 Å². The van der Waals surface area contributed by atoms with Crippen LogP contribution in [-0.2, 0) is 0 Å². The second-order valence-corrected chi connectivity index (χ2v) is 6.28. The molecule has 1 aliphatic carbocycles. The molecule has 0 radical (unpaired) electrons. The van der Waals surface area contributed by atoms with Crippen molar-refractivity contribution in [2.75, 3.05) is 0 Å². The molecule has 0 N–H and O–H groups in total. The van der Waals surface area contributed by atoms with Crippen LogP contribution in [0.5, 0.6) is 0 Å². The van der Waals surface area contributed by atoms with E-state index >= 15 is 0 Å². The molecule has 0 nitrogen and oxygen atoms in total. The van der Waals surface area contributed by atoms with Gasteiger partial charge in [-0.15, -0.1) is 0 Å². The zero-order chi connectivity index (χ0) is 9.71. The maximum Gasteiger partial charge on any atom is 0.0524 e. The van der Waals surface area contributed by atoms with Crippen molar-refractivity contribution < 1.29 is 0 Å². The lowest BCUT2D eigenvalue weighted by Gasteiger charge is -2.06. The van der Waals surface area contributed by atoms with E-state index in [-0.39, 0.29) is 0 Å². The minimum Gasteiger partial charge on any atom is -0.0759 e. The highest BCUT2D eigenvalue weighted by Crippen LogP contribution is 2.53. The predicted molar refractivity (Wildman–Crippen MR) is 77.5 cm³/mol. The average molecular weight is 406 g/mol. The molecule has 0 fully saturated rings. The zero-order valence-electron chi connectivity index (χ0n) is 7.37. The van der Waals surface area contributed by atoms with E-state index in [1.165, 1.54) is 21.9 Å². The number of benzene rings is 2. The Morgan fingerprint density at radius 3 is 1.79 bits per heavy atom. The Balaban J connectivity index is 2.49. The van der Waals surface area contributed by atoms with Gasteiger partial charge in [0.05, 0.1) is 7.85 Å². The Morgan fingerprint density at radius 2 is 1.29 bits per heavy atom. The fourth-order valence-corrected chi connectivity index (χ4v) is 3.99. The second-order valence-electron chi connectivity index (χ2n) is 3.60. The molecule has 2 heteroatoms. The molecule has 2 aromatic carbocycles. The highest BCUT2D eigenvalue weighted by atomic mass is 127. The Hall–Kier alpha value is 0.160. The van der Waals surface area contributed by atoms with Crippen molar-refractivity contribution in [3.05, 3.63) is 47.5 Å². The van der Waals surface area contributed by atoms with Crippen molar-refractivity contribution in [2.45, 2.75) is 7.85 Å². The summed E-state index contributed by atoms with van der Waals surface area (Å²) >= 11 is 5.11. The lowest BCUT2D eigenvalue weighted by molar-refractivity contribution is 1.04. The normalized spacial score (nSPS) is 24.4. The summed E-state index contributed by atoms with van der Waals surface area (Å²) in [5.41, 5.74) is 3.02. The maximum absolute atomic E-state index is 2.56. The van der Waals surface area contributed by atoms with Gasteiger partial charge in [0.2, 0.25) is 0 Å². The van der Waals surface area contributed by atoms with Gasteiger partial charge in [0.15, 0.2) is 0 Å². The summed E-state index contributed by atoms with van der Waals surface area (Å²) in [6.45, 7) is 0. The predicted octanol–water partition coefficient (Wildman–Crippen LogP) is 4.81. The van der Waals surface area contributed by atoms with E-state index in [2.05, 4.69) is 81.6 Å². The van der Waals surface area contributed by atoms with Gasteiger partial charge in [0.1, 0.15) is 0 Å². The summed E-state index contributed by atoms with van der Waals surface area (Å²) in [6, 6.07) is 13.3. The third-order valence-corrected chi connectivity index (χ3v) is 6.98. The summed E-state index contributed by atoms with van der Waals surface area (Å²) < 4.78 is 1.27. The second kappa shape index (κ2) is 3.33. The summed E-state index contributed by atoms with van der Waals surface area (Å²) in [7, 11) is 0. The van der Waals surface area contributed by atoms with Crippen molar-refractivity contribution in [3.8, 4) is 0 Å². The fraction of sp³-hybridized carbons (Fsp3) is 0.167. The van der Waals surface area contributed by atoms with E-state index in [0.29, 0.717) is 7.85 Å². The van der Waals surface area contributed by atoms with Crippen LogP contribution in [-0.4, -0.2) is 0 Å². The Kier molecular flexibility index (Phi) is 2.24. The van der Waals surface area contributed by atoms with Crippen molar-refractivity contribution in [3.63, 3.8) is 0 Å². The molecule has 0 aliphatic heterocycles. The average Bonchev–Trinajstić information content (AvgIpc) is 2.47. The van der Waals surface area contributed by atoms with Crippen molar-refractivity contribution in [1.29, 1.82) is 0 Å². The van der Waals surface area contributed by atoms with Gasteiger partial charge in [-0.25, -0.2) is 0 Å². The van der Waals surface area contributed by atoms with Crippen LogP contribution in [0, 0.1) is 0 Å². The summed E-state index contributed by atoms with van der Waals surface area (Å²) in [6.07, 6.45) is 0. The molecule has 0 aromatic heterocycles. The molecule has 0 heterocycles. The molecule has 0 bridgehead atoms. The van der Waals surface area contributed by atoms with E-state index in [0.717, 1.165) is 0 Å². The maximum atomic E-state index is 2.56. The number of hydrogen-bond donors (Lipinski definition) is 0. The van der Waals surface area contributed by atoms with Gasteiger partial charge >= 0.3 is 0 Å². The molecule has 2 atom stereocenters. The van der Waals surface area contributed by atoms with Crippen LogP contribution < -0.4 is 0 Å². The van der Waals surface area contributed by atoms with Crippen molar-refractivity contribution in [1.82, 2.24) is 0 Å². The Bertz CT molecular complexity index is 462.